The van der Waals surface area contributed by atoms with Gasteiger partial charge >= 0.3 is 5.97 Å². The van der Waals surface area contributed by atoms with E-state index in [9.17, 15) is 4.79 Å². The molecule has 0 aliphatic heterocycles. The summed E-state index contributed by atoms with van der Waals surface area (Å²) < 4.78 is 4.90. The molecule has 2 rings (SSSR count). The first-order valence-electron chi connectivity index (χ1n) is 5.27. The Bertz CT molecular complexity index is 537. The zero-order chi connectivity index (χ0) is 12.3. The summed E-state index contributed by atoms with van der Waals surface area (Å²) in [6.45, 7) is 4.10. The van der Waals surface area contributed by atoms with Crippen molar-refractivity contribution in [2.24, 2.45) is 0 Å². The van der Waals surface area contributed by atoms with Crippen LogP contribution in [-0.4, -0.2) is 22.5 Å². The maximum atomic E-state index is 11.5. The molecule has 0 aromatic carbocycles. The fraction of sp³-hybridized carbons (Fsp3) is 0.250. The second-order valence-electron chi connectivity index (χ2n) is 3.42. The van der Waals surface area contributed by atoms with Crippen LogP contribution in [0.2, 0.25) is 0 Å². The molecule has 5 heteroatoms. The fourth-order valence-electron chi connectivity index (χ4n) is 1.39. The van der Waals surface area contributed by atoms with E-state index in [1.165, 1.54) is 0 Å². The molecule has 0 bridgehead atoms. The number of aryl methyl sites for hydroxylation is 1. The van der Waals surface area contributed by atoms with E-state index >= 15 is 0 Å². The van der Waals surface area contributed by atoms with Crippen molar-refractivity contribution in [2.75, 3.05) is 6.61 Å². The minimum Gasteiger partial charge on any atom is -0.461 e. The molecule has 2 aromatic rings. The normalized spacial score (nSPS) is 10.2. The van der Waals surface area contributed by atoms with Gasteiger partial charge in [-0.15, -0.1) is 11.3 Å². The average Bonchev–Trinajstić information content (AvgIpc) is 2.76. The third kappa shape index (κ3) is 2.50. The maximum Gasteiger partial charge on any atom is 0.357 e. The first kappa shape index (κ1) is 11.7. The number of aromatic nitrogens is 2. The van der Waals surface area contributed by atoms with Crippen LogP contribution < -0.4 is 0 Å². The number of hydrogen-bond acceptors (Lipinski definition) is 5. The summed E-state index contributed by atoms with van der Waals surface area (Å²) in [5.74, 6) is 0.161. The Hall–Kier alpha value is -1.75. The number of ether oxygens (including phenoxy) is 1. The zero-order valence-corrected chi connectivity index (χ0v) is 10.5. The minimum absolute atomic E-state index is 0.296. The van der Waals surface area contributed by atoms with Gasteiger partial charge in [0.15, 0.2) is 11.5 Å². The molecule has 0 amide bonds. The van der Waals surface area contributed by atoms with Crippen molar-refractivity contribution in [3.05, 3.63) is 35.0 Å². The van der Waals surface area contributed by atoms with Gasteiger partial charge in [0.25, 0.3) is 0 Å². The molecule has 0 spiro atoms. The lowest BCUT2D eigenvalue weighted by molar-refractivity contribution is 0.0519. The van der Waals surface area contributed by atoms with E-state index in [-0.39, 0.29) is 0 Å². The van der Waals surface area contributed by atoms with Gasteiger partial charge in [-0.2, -0.15) is 0 Å². The topological polar surface area (TPSA) is 52.1 Å². The minimum atomic E-state index is -0.412. The van der Waals surface area contributed by atoms with Crippen LogP contribution >= 0.6 is 11.3 Å². The molecular formula is C12H12N2O2S. The summed E-state index contributed by atoms with van der Waals surface area (Å²) >= 11 is 1.56. The third-order valence-corrected chi connectivity index (χ3v) is 3.22. The second-order valence-corrected chi connectivity index (χ2v) is 4.33. The lowest BCUT2D eigenvalue weighted by Gasteiger charge is -2.02. The lowest BCUT2D eigenvalue weighted by atomic mass is 10.3. The van der Waals surface area contributed by atoms with Gasteiger partial charge < -0.3 is 4.74 Å². The standard InChI is InChI=1S/C12H12N2O2S/c1-3-16-12(15)9-4-6-13-11(14-9)10-8(2)5-7-17-10/h4-7H,3H2,1-2H3. The number of carbonyl (C=O) groups excluding carboxylic acids is 1. The van der Waals surface area contributed by atoms with Gasteiger partial charge in [0.2, 0.25) is 0 Å². The molecule has 0 N–H and O–H groups in total. The van der Waals surface area contributed by atoms with Gasteiger partial charge in [-0.3, -0.25) is 0 Å². The summed E-state index contributed by atoms with van der Waals surface area (Å²) in [7, 11) is 0. The molecule has 0 radical (unpaired) electrons. The van der Waals surface area contributed by atoms with Crippen molar-refractivity contribution in [2.45, 2.75) is 13.8 Å². The summed E-state index contributed by atoms with van der Waals surface area (Å²) in [6.07, 6.45) is 1.58. The molecular weight excluding hydrogens is 236 g/mol. The van der Waals surface area contributed by atoms with E-state index in [0.29, 0.717) is 18.1 Å². The first-order valence-corrected chi connectivity index (χ1v) is 6.15. The van der Waals surface area contributed by atoms with Crippen molar-refractivity contribution < 1.29 is 9.53 Å². The summed E-state index contributed by atoms with van der Waals surface area (Å²) in [5.41, 5.74) is 1.40. The Kier molecular flexibility index (Phi) is 3.49. The Balaban J connectivity index is 2.35. The van der Waals surface area contributed by atoms with Gasteiger partial charge in [0.1, 0.15) is 0 Å². The predicted octanol–water partition coefficient (Wildman–Crippen LogP) is 2.69. The highest BCUT2D eigenvalue weighted by Crippen LogP contribution is 2.25. The molecule has 0 saturated carbocycles. The van der Waals surface area contributed by atoms with Crippen LogP contribution in [0.25, 0.3) is 10.7 Å². The van der Waals surface area contributed by atoms with Crippen LogP contribution in [0.3, 0.4) is 0 Å². The van der Waals surface area contributed by atoms with Crippen LogP contribution in [-0.2, 0) is 4.74 Å². The molecule has 0 aliphatic carbocycles. The van der Waals surface area contributed by atoms with Crippen molar-refractivity contribution in [3.63, 3.8) is 0 Å². The van der Waals surface area contributed by atoms with Crippen molar-refractivity contribution >= 4 is 17.3 Å². The molecule has 0 aliphatic rings. The fourth-order valence-corrected chi connectivity index (χ4v) is 2.25. The zero-order valence-electron chi connectivity index (χ0n) is 9.64. The van der Waals surface area contributed by atoms with E-state index in [4.69, 9.17) is 4.74 Å². The van der Waals surface area contributed by atoms with Gasteiger partial charge in [-0.05, 0) is 36.9 Å². The van der Waals surface area contributed by atoms with Crippen LogP contribution in [0.4, 0.5) is 0 Å². The lowest BCUT2D eigenvalue weighted by Crippen LogP contribution is -2.08. The number of carbonyl (C=O) groups is 1. The van der Waals surface area contributed by atoms with Crippen LogP contribution in [0.5, 0.6) is 0 Å². The highest BCUT2D eigenvalue weighted by Gasteiger charge is 2.12. The summed E-state index contributed by atoms with van der Waals surface area (Å²) in [6, 6.07) is 3.56. The van der Waals surface area contributed by atoms with E-state index in [0.717, 1.165) is 10.4 Å². The number of thiophene rings is 1. The molecule has 0 saturated heterocycles. The van der Waals surface area contributed by atoms with E-state index in [1.807, 2.05) is 18.4 Å². The van der Waals surface area contributed by atoms with Crippen molar-refractivity contribution in [1.29, 1.82) is 0 Å². The molecule has 17 heavy (non-hydrogen) atoms. The first-order chi connectivity index (χ1) is 8.22. The van der Waals surface area contributed by atoms with Gasteiger partial charge in [-0.1, -0.05) is 0 Å². The largest absolute Gasteiger partial charge is 0.461 e. The van der Waals surface area contributed by atoms with E-state index in [1.54, 1.807) is 30.5 Å². The van der Waals surface area contributed by atoms with Crippen LogP contribution in [0.1, 0.15) is 23.0 Å². The molecule has 4 nitrogen and oxygen atoms in total. The Morgan fingerprint density at radius 2 is 2.29 bits per heavy atom. The summed E-state index contributed by atoms with van der Waals surface area (Å²) in [4.78, 5) is 20.9. The molecule has 88 valence electrons. The van der Waals surface area contributed by atoms with E-state index in [2.05, 4.69) is 9.97 Å². The van der Waals surface area contributed by atoms with Crippen molar-refractivity contribution in [1.82, 2.24) is 9.97 Å². The molecule has 0 fully saturated rings. The predicted molar refractivity (Wildman–Crippen MR) is 66.0 cm³/mol. The maximum absolute atomic E-state index is 11.5. The second kappa shape index (κ2) is 5.05. The number of esters is 1. The van der Waals surface area contributed by atoms with Gasteiger partial charge in [0.05, 0.1) is 11.5 Å². The SMILES string of the molecule is CCOC(=O)c1ccnc(-c2sccc2C)n1. The van der Waals surface area contributed by atoms with Gasteiger partial charge in [-0.25, -0.2) is 14.8 Å². The monoisotopic (exact) mass is 248 g/mol. The Morgan fingerprint density at radius 3 is 2.94 bits per heavy atom. The Labute approximate surface area is 103 Å². The highest BCUT2D eigenvalue weighted by molar-refractivity contribution is 7.13. The molecule has 0 atom stereocenters. The third-order valence-electron chi connectivity index (χ3n) is 2.21. The average molecular weight is 248 g/mol. The van der Waals surface area contributed by atoms with Gasteiger partial charge in [0, 0.05) is 6.20 Å². The number of rotatable bonds is 3. The van der Waals surface area contributed by atoms with Crippen molar-refractivity contribution in [3.8, 4) is 10.7 Å². The quantitative estimate of drug-likeness (QED) is 0.784. The summed E-state index contributed by atoms with van der Waals surface area (Å²) in [5, 5.41) is 1.98. The number of hydrogen-bond donors (Lipinski definition) is 0. The van der Waals surface area contributed by atoms with Crippen LogP contribution in [0.15, 0.2) is 23.7 Å². The molecule has 2 aromatic heterocycles. The number of nitrogens with zero attached hydrogens (tertiary/aromatic N) is 2. The van der Waals surface area contributed by atoms with Crippen LogP contribution in [0, 0.1) is 6.92 Å². The smallest absolute Gasteiger partial charge is 0.357 e. The Morgan fingerprint density at radius 1 is 1.47 bits per heavy atom. The molecule has 0 unspecified atom stereocenters. The van der Waals surface area contributed by atoms with E-state index < -0.39 is 5.97 Å². The molecule has 2 heterocycles. The highest BCUT2D eigenvalue weighted by atomic mass is 32.1.